The Labute approximate surface area is 350 Å². The predicted octanol–water partition coefficient (Wildman–Crippen LogP) is 16.4. The zero-order valence-electron chi connectivity index (χ0n) is 35.1. The number of rotatable bonds is 10. The third-order valence-corrected chi connectivity index (χ3v) is 9.83. The van der Waals surface area contributed by atoms with Gasteiger partial charge in [0.15, 0.2) is 0 Å². The Morgan fingerprint density at radius 2 is 0.889 bits per heavy atom. The van der Waals surface area contributed by atoms with Crippen LogP contribution in [0.3, 0.4) is 0 Å². The van der Waals surface area contributed by atoms with Crippen LogP contribution in [0, 0.1) is 11.8 Å². The van der Waals surface area contributed by atoms with Gasteiger partial charge in [-0.2, -0.15) is 12.1 Å². The molecule has 6 aromatic carbocycles. The molecule has 6 aromatic rings. The zero-order valence-corrected chi connectivity index (χ0v) is 40.1. The van der Waals surface area contributed by atoms with Crippen LogP contribution in [0.25, 0.3) is 43.8 Å². The average Bonchev–Trinajstić information content (AvgIpc) is 3.73. The van der Waals surface area contributed by atoms with E-state index in [4.69, 9.17) is 17.0 Å². The third kappa shape index (κ3) is 12.4. The van der Waals surface area contributed by atoms with E-state index in [9.17, 15) is 0 Å². The first-order chi connectivity index (χ1) is 25.8. The molecular formula is C50H64Cl2SiZr. The Hall–Kier alpha value is -2.22. The van der Waals surface area contributed by atoms with E-state index < -0.39 is 20.8 Å². The van der Waals surface area contributed by atoms with Crippen LogP contribution in [-0.2, 0) is 46.5 Å². The number of benzene rings is 4. The SMILES string of the molecule is CCc1ccc2[cH-]c(CC(C)C)cc2c1-c1ccccc1C(C)C.CCc1ccc2[cH-]c(CC(C)C)cc2c1-c1ccccc1C(C)C.C[Si]C.[Cl][Zr+2][Cl]. The molecule has 0 spiro atoms. The molecule has 0 N–H and O–H groups in total. The maximum absolute atomic E-state index is 4.93. The van der Waals surface area contributed by atoms with E-state index in [1.165, 1.54) is 77.2 Å². The molecule has 0 aliphatic heterocycles. The number of hydrogen-bond acceptors (Lipinski definition) is 0. The topological polar surface area (TPSA) is 0 Å². The van der Waals surface area contributed by atoms with Crippen LogP contribution in [0.2, 0.25) is 13.1 Å². The van der Waals surface area contributed by atoms with E-state index in [1.807, 2.05) is 0 Å². The molecule has 0 saturated heterocycles. The summed E-state index contributed by atoms with van der Waals surface area (Å²) in [6.45, 7) is 27.2. The molecule has 2 radical (unpaired) electrons. The van der Waals surface area contributed by atoms with Gasteiger partial charge in [0.2, 0.25) is 0 Å². The Morgan fingerprint density at radius 3 is 1.19 bits per heavy atom. The van der Waals surface area contributed by atoms with Crippen molar-refractivity contribution in [3.8, 4) is 22.3 Å². The molecule has 0 nitrogen and oxygen atoms in total. The first-order valence-corrected chi connectivity index (χ1v) is 28.3. The summed E-state index contributed by atoms with van der Waals surface area (Å²) in [5.74, 6) is 2.45. The van der Waals surface area contributed by atoms with Crippen LogP contribution in [0.15, 0.2) is 97.1 Å². The van der Waals surface area contributed by atoms with Gasteiger partial charge in [0, 0.05) is 9.52 Å². The van der Waals surface area contributed by atoms with E-state index in [0.717, 1.165) is 35.2 Å². The van der Waals surface area contributed by atoms with Gasteiger partial charge in [-0.1, -0.05) is 153 Å². The van der Waals surface area contributed by atoms with Gasteiger partial charge in [0.1, 0.15) is 0 Å². The molecule has 0 amide bonds. The average molecular weight is 855 g/mol. The number of aryl methyl sites for hydroxylation is 2. The predicted molar refractivity (Wildman–Crippen MR) is 243 cm³/mol. The van der Waals surface area contributed by atoms with Gasteiger partial charge in [0.05, 0.1) is 0 Å². The van der Waals surface area contributed by atoms with Gasteiger partial charge >= 0.3 is 37.9 Å². The minimum atomic E-state index is -0.826. The molecule has 0 saturated carbocycles. The van der Waals surface area contributed by atoms with Crippen molar-refractivity contribution >= 4 is 48.1 Å². The van der Waals surface area contributed by atoms with Gasteiger partial charge in [0.25, 0.3) is 0 Å². The van der Waals surface area contributed by atoms with Crippen LogP contribution in [0.4, 0.5) is 0 Å². The van der Waals surface area contributed by atoms with Crippen LogP contribution >= 0.6 is 17.0 Å². The molecule has 0 unspecified atom stereocenters. The van der Waals surface area contributed by atoms with Crippen molar-refractivity contribution in [2.45, 2.75) is 120 Å². The van der Waals surface area contributed by atoms with Gasteiger partial charge in [-0.25, -0.2) is 0 Å². The van der Waals surface area contributed by atoms with E-state index in [0.29, 0.717) is 23.7 Å². The molecule has 0 aliphatic carbocycles. The molecule has 6 rings (SSSR count). The number of halogens is 2. The van der Waals surface area contributed by atoms with Crippen molar-refractivity contribution in [2.75, 3.05) is 0 Å². The monoisotopic (exact) mass is 852 g/mol. The van der Waals surface area contributed by atoms with Crippen molar-refractivity contribution in [1.82, 2.24) is 0 Å². The molecule has 4 heteroatoms. The summed E-state index contributed by atoms with van der Waals surface area (Å²) < 4.78 is 0. The number of fused-ring (bicyclic) bond motifs is 2. The molecule has 0 bridgehead atoms. The molecule has 0 fully saturated rings. The number of hydrogen-bond donors (Lipinski definition) is 0. The summed E-state index contributed by atoms with van der Waals surface area (Å²) in [5, 5.41) is 5.63. The fourth-order valence-electron chi connectivity index (χ4n) is 7.64. The Balaban J connectivity index is 0.000000254. The van der Waals surface area contributed by atoms with Crippen molar-refractivity contribution in [3.63, 3.8) is 0 Å². The fraction of sp³-hybridized carbons (Fsp3) is 0.400. The molecular weight excluding hydrogens is 791 g/mol. The third-order valence-electron chi connectivity index (χ3n) is 9.83. The molecule has 54 heavy (non-hydrogen) atoms. The van der Waals surface area contributed by atoms with Crippen molar-refractivity contribution in [3.05, 3.63) is 130 Å². The Bertz CT molecular complexity index is 1860. The van der Waals surface area contributed by atoms with Crippen molar-refractivity contribution < 1.29 is 20.8 Å². The molecule has 0 atom stereocenters. The standard InChI is InChI=1S/2C24H29.C2H6Si.2ClH.Zr/c2*1-6-19-11-12-20-14-18(13-16(2)3)15-23(20)24(19)22-10-8-7-9-21(22)17(4)5;1-3-2;;;/h2*7-12,14-17H,6,13H2,1-5H3;1-2H3;2*1H;/q2*-1;;;;+4/p-2. The van der Waals surface area contributed by atoms with Gasteiger partial charge in [-0.3, -0.25) is 0 Å². The minimum absolute atomic E-state index is 0.534. The van der Waals surface area contributed by atoms with Gasteiger partial charge in [-0.05, 0) is 71.6 Å². The van der Waals surface area contributed by atoms with Gasteiger partial charge in [-0.15, -0.1) is 69.1 Å². The summed E-state index contributed by atoms with van der Waals surface area (Å²) in [5.41, 5.74) is 14.5. The summed E-state index contributed by atoms with van der Waals surface area (Å²) in [6, 6.07) is 36.8. The van der Waals surface area contributed by atoms with Crippen LogP contribution in [-0.4, -0.2) is 9.52 Å². The summed E-state index contributed by atoms with van der Waals surface area (Å²) in [6.07, 6.45) is 4.45. The van der Waals surface area contributed by atoms with Gasteiger partial charge < -0.3 is 0 Å². The summed E-state index contributed by atoms with van der Waals surface area (Å²) >= 11 is -0.826. The summed E-state index contributed by atoms with van der Waals surface area (Å²) in [7, 11) is 11.0. The molecule has 286 valence electrons. The second-order valence-corrected chi connectivity index (χ2v) is 20.6. The van der Waals surface area contributed by atoms with E-state index >= 15 is 0 Å². The van der Waals surface area contributed by atoms with Crippen molar-refractivity contribution in [2.24, 2.45) is 11.8 Å². The molecule has 0 aromatic heterocycles. The molecule has 0 heterocycles. The van der Waals surface area contributed by atoms with E-state index in [2.05, 4.69) is 179 Å². The van der Waals surface area contributed by atoms with Crippen LogP contribution in [0.1, 0.15) is 114 Å². The fourth-order valence-corrected chi connectivity index (χ4v) is 7.64. The maximum atomic E-state index is 4.93. The molecule has 0 aliphatic rings. The zero-order chi connectivity index (χ0) is 39.9. The first kappa shape index (κ1) is 46.2. The first-order valence-electron chi connectivity index (χ1n) is 20.0. The summed E-state index contributed by atoms with van der Waals surface area (Å²) in [4.78, 5) is 0. The van der Waals surface area contributed by atoms with Crippen molar-refractivity contribution in [1.29, 1.82) is 0 Å². The normalized spacial score (nSPS) is 11.0. The quantitative estimate of drug-likeness (QED) is 0.0951. The van der Waals surface area contributed by atoms with Crippen LogP contribution < -0.4 is 0 Å². The van der Waals surface area contributed by atoms with E-state index in [1.54, 1.807) is 0 Å². The van der Waals surface area contributed by atoms with Crippen LogP contribution in [0.5, 0.6) is 0 Å². The Morgan fingerprint density at radius 1 is 0.556 bits per heavy atom. The Kier molecular flexibility index (Phi) is 19.8. The van der Waals surface area contributed by atoms with E-state index in [-0.39, 0.29) is 0 Å². The second kappa shape index (κ2) is 23.1. The second-order valence-electron chi connectivity index (χ2n) is 15.9.